The fourth-order valence-electron chi connectivity index (χ4n) is 2.39. The number of benzene rings is 1. The van der Waals surface area contributed by atoms with Gasteiger partial charge in [0.1, 0.15) is 0 Å². The number of nitrogens with one attached hydrogen (secondary N) is 2. The van der Waals surface area contributed by atoms with E-state index in [1.807, 2.05) is 23.5 Å². The summed E-state index contributed by atoms with van der Waals surface area (Å²) in [5.74, 6) is 0. The van der Waals surface area contributed by atoms with Crippen molar-refractivity contribution >= 4 is 29.4 Å². The van der Waals surface area contributed by atoms with Gasteiger partial charge in [-0.3, -0.25) is 10.2 Å². The molecule has 2 rings (SSSR count). The number of rotatable bonds is 4. The molecule has 0 aromatic heterocycles. The minimum absolute atomic E-state index is 0.469. The van der Waals surface area contributed by atoms with Crippen LogP contribution in [-0.4, -0.2) is 56.2 Å². The second kappa shape index (κ2) is 7.86. The van der Waals surface area contributed by atoms with Crippen molar-refractivity contribution in [1.82, 2.24) is 15.5 Å². The molecule has 120 valence electrons. The van der Waals surface area contributed by atoms with Crippen LogP contribution in [0.3, 0.4) is 0 Å². The van der Waals surface area contributed by atoms with Crippen molar-refractivity contribution in [3.05, 3.63) is 29.3 Å². The highest BCUT2D eigenvalue weighted by atomic mass is 35.5. The summed E-state index contributed by atoms with van der Waals surface area (Å²) in [6.07, 6.45) is 0. The molecule has 1 aliphatic heterocycles. The van der Waals surface area contributed by atoms with Crippen molar-refractivity contribution in [2.24, 2.45) is 5.73 Å². The molecule has 22 heavy (non-hydrogen) atoms. The summed E-state index contributed by atoms with van der Waals surface area (Å²) in [5, 5.41) is 5.29. The van der Waals surface area contributed by atoms with Crippen molar-refractivity contribution in [3.8, 4) is 0 Å². The first-order valence-corrected chi connectivity index (χ1v) is 7.49. The van der Waals surface area contributed by atoms with Crippen molar-refractivity contribution in [3.63, 3.8) is 0 Å². The van der Waals surface area contributed by atoms with Crippen molar-refractivity contribution in [2.45, 2.75) is 0 Å². The number of nitrogens with two attached hydrogens (primary N) is 1. The van der Waals surface area contributed by atoms with E-state index in [1.165, 1.54) is 0 Å². The van der Waals surface area contributed by atoms with Gasteiger partial charge in [-0.2, -0.15) is 0 Å². The molecule has 0 bridgehead atoms. The van der Waals surface area contributed by atoms with Gasteiger partial charge in [0.25, 0.3) is 0 Å². The number of nitrogens with zero attached hydrogens (tertiary/aromatic N) is 2. The molecule has 0 unspecified atom stereocenters. The molecule has 0 spiro atoms. The van der Waals surface area contributed by atoms with Crippen molar-refractivity contribution in [1.29, 1.82) is 0 Å². The number of halogens is 1. The van der Waals surface area contributed by atoms with E-state index in [4.69, 9.17) is 17.3 Å². The lowest BCUT2D eigenvalue weighted by Gasteiger charge is -2.36. The smallest absolute Gasteiger partial charge is 0.322 e. The Morgan fingerprint density at radius 1 is 1.23 bits per heavy atom. The molecule has 7 nitrogen and oxygen atoms in total. The number of urea groups is 2. The molecular weight excluding hydrogens is 306 g/mol. The fraction of sp³-hybridized carbons (Fsp3) is 0.429. The Hall–Kier alpha value is -1.99. The third kappa shape index (κ3) is 5.09. The molecule has 1 saturated heterocycles. The van der Waals surface area contributed by atoms with Gasteiger partial charge in [0.05, 0.1) is 0 Å². The van der Waals surface area contributed by atoms with Gasteiger partial charge in [-0.25, -0.2) is 9.59 Å². The van der Waals surface area contributed by atoms with Crippen molar-refractivity contribution < 1.29 is 9.59 Å². The summed E-state index contributed by atoms with van der Waals surface area (Å²) in [6, 6.07) is 6.41. The average Bonchev–Trinajstić information content (AvgIpc) is 2.47. The topological polar surface area (TPSA) is 90.7 Å². The lowest BCUT2D eigenvalue weighted by Crippen LogP contribution is -2.49. The predicted octanol–water partition coefficient (Wildman–Crippen LogP) is 0.840. The Morgan fingerprint density at radius 3 is 2.59 bits per heavy atom. The van der Waals surface area contributed by atoms with Crippen LogP contribution in [-0.2, 0) is 0 Å². The monoisotopic (exact) mass is 325 g/mol. The quantitative estimate of drug-likeness (QED) is 0.765. The first-order chi connectivity index (χ1) is 10.5. The van der Waals surface area contributed by atoms with Gasteiger partial charge >= 0.3 is 12.1 Å². The molecule has 8 heteroatoms. The molecule has 1 fully saturated rings. The van der Waals surface area contributed by atoms with Crippen LogP contribution in [0.5, 0.6) is 0 Å². The van der Waals surface area contributed by atoms with E-state index in [9.17, 15) is 9.59 Å². The summed E-state index contributed by atoms with van der Waals surface area (Å²) >= 11 is 6.01. The van der Waals surface area contributed by atoms with Crippen LogP contribution in [0.25, 0.3) is 0 Å². The summed E-state index contributed by atoms with van der Waals surface area (Å²) in [6.45, 7) is 4.84. The minimum Gasteiger partial charge on any atom is -0.369 e. The maximum absolute atomic E-state index is 11.2. The molecule has 1 aliphatic rings. The summed E-state index contributed by atoms with van der Waals surface area (Å²) in [4.78, 5) is 26.2. The zero-order valence-electron chi connectivity index (χ0n) is 12.2. The van der Waals surface area contributed by atoms with E-state index >= 15 is 0 Å². The van der Waals surface area contributed by atoms with Crippen LogP contribution in [0.1, 0.15) is 0 Å². The first kappa shape index (κ1) is 16.4. The van der Waals surface area contributed by atoms with E-state index in [0.717, 1.165) is 43.4 Å². The number of imide groups is 1. The van der Waals surface area contributed by atoms with Crippen molar-refractivity contribution in [2.75, 3.05) is 44.2 Å². The first-order valence-electron chi connectivity index (χ1n) is 7.12. The van der Waals surface area contributed by atoms with Gasteiger partial charge in [-0.1, -0.05) is 17.7 Å². The van der Waals surface area contributed by atoms with E-state index in [-0.39, 0.29) is 0 Å². The van der Waals surface area contributed by atoms with Crippen LogP contribution >= 0.6 is 11.6 Å². The highest BCUT2D eigenvalue weighted by Gasteiger charge is 2.17. The maximum Gasteiger partial charge on any atom is 0.322 e. The highest BCUT2D eigenvalue weighted by Crippen LogP contribution is 2.20. The Bertz CT molecular complexity index is 532. The summed E-state index contributed by atoms with van der Waals surface area (Å²) in [7, 11) is 0. The lowest BCUT2D eigenvalue weighted by atomic mass is 10.2. The number of piperazine rings is 1. The zero-order chi connectivity index (χ0) is 15.9. The predicted molar refractivity (Wildman–Crippen MR) is 86.2 cm³/mol. The third-order valence-electron chi connectivity index (χ3n) is 3.50. The van der Waals surface area contributed by atoms with Crippen LogP contribution in [0.4, 0.5) is 15.3 Å². The average molecular weight is 326 g/mol. The molecule has 0 aliphatic carbocycles. The molecule has 0 radical (unpaired) electrons. The maximum atomic E-state index is 11.2. The Labute approximate surface area is 134 Å². The SMILES string of the molecule is NC(=O)NC(=O)NCCN1CCN(c2cccc(Cl)c2)CC1. The normalized spacial score (nSPS) is 15.4. The van der Waals surface area contributed by atoms with Crippen LogP contribution in [0.15, 0.2) is 24.3 Å². The van der Waals surface area contributed by atoms with Gasteiger partial charge in [-0.05, 0) is 18.2 Å². The summed E-state index contributed by atoms with van der Waals surface area (Å²) < 4.78 is 0. The van der Waals surface area contributed by atoms with E-state index in [0.29, 0.717) is 6.54 Å². The van der Waals surface area contributed by atoms with Gasteiger partial charge in [0.15, 0.2) is 0 Å². The number of hydrogen-bond donors (Lipinski definition) is 3. The number of carbonyl (C=O) groups excluding carboxylic acids is 2. The summed E-state index contributed by atoms with van der Waals surface area (Å²) in [5.41, 5.74) is 5.98. The minimum atomic E-state index is -0.854. The number of anilines is 1. The molecule has 0 atom stereocenters. The largest absolute Gasteiger partial charge is 0.369 e. The zero-order valence-corrected chi connectivity index (χ0v) is 13.0. The van der Waals surface area contributed by atoms with Crippen LogP contribution in [0, 0.1) is 0 Å². The Balaban J connectivity index is 1.69. The van der Waals surface area contributed by atoms with Crippen LogP contribution < -0.4 is 21.3 Å². The number of carbonyl (C=O) groups is 2. The Morgan fingerprint density at radius 2 is 1.95 bits per heavy atom. The highest BCUT2D eigenvalue weighted by molar-refractivity contribution is 6.30. The standard InChI is InChI=1S/C14H20ClN5O2/c15-11-2-1-3-12(10-11)20-8-6-19(7-9-20)5-4-17-14(22)18-13(16)21/h1-3,10H,4-9H2,(H4,16,17,18,21,22). The van der Waals surface area contributed by atoms with Crippen LogP contribution in [0.2, 0.25) is 5.02 Å². The van der Waals surface area contributed by atoms with Gasteiger partial charge in [-0.15, -0.1) is 0 Å². The number of amides is 4. The van der Waals surface area contributed by atoms with Gasteiger partial charge < -0.3 is 16.0 Å². The van der Waals surface area contributed by atoms with Gasteiger partial charge in [0, 0.05) is 50.0 Å². The second-order valence-electron chi connectivity index (χ2n) is 5.05. The number of primary amides is 1. The van der Waals surface area contributed by atoms with Gasteiger partial charge in [0.2, 0.25) is 0 Å². The fourth-order valence-corrected chi connectivity index (χ4v) is 2.57. The lowest BCUT2D eigenvalue weighted by molar-refractivity contribution is 0.226. The molecule has 1 aromatic rings. The number of hydrogen-bond acceptors (Lipinski definition) is 4. The molecular formula is C14H20ClN5O2. The van der Waals surface area contributed by atoms with E-state index in [1.54, 1.807) is 0 Å². The molecule has 1 heterocycles. The molecule has 1 aromatic carbocycles. The third-order valence-corrected chi connectivity index (χ3v) is 3.73. The Kier molecular flexibility index (Phi) is 5.85. The second-order valence-corrected chi connectivity index (χ2v) is 5.49. The molecule has 0 saturated carbocycles. The molecule has 4 N–H and O–H groups in total. The van der Waals surface area contributed by atoms with E-state index in [2.05, 4.69) is 21.2 Å². The van der Waals surface area contributed by atoms with E-state index < -0.39 is 12.1 Å². The molecule has 4 amide bonds.